The lowest BCUT2D eigenvalue weighted by Gasteiger charge is -2.21. The molecule has 0 aliphatic rings. The van der Waals surface area contributed by atoms with E-state index in [9.17, 15) is 14.4 Å². The Labute approximate surface area is 128 Å². The molecule has 0 radical (unpaired) electrons. The SMILES string of the molecule is COC(=O)[C@H](CNC(=O)[C@H](C)NC(=O)OC(C)(C)C)N=[N+]=[N-]. The molecule has 0 aliphatic carbocycles. The number of alkyl carbamates (subject to hydrolysis) is 1. The fourth-order valence-electron chi connectivity index (χ4n) is 1.27. The zero-order chi connectivity index (χ0) is 17.3. The van der Waals surface area contributed by atoms with E-state index in [-0.39, 0.29) is 6.54 Å². The second-order valence-electron chi connectivity index (χ2n) is 5.36. The summed E-state index contributed by atoms with van der Waals surface area (Å²) >= 11 is 0. The Bertz CT molecular complexity index is 467. The Morgan fingerprint density at radius 1 is 1.32 bits per heavy atom. The molecular formula is C12H21N5O5. The van der Waals surface area contributed by atoms with Gasteiger partial charge in [-0.1, -0.05) is 5.11 Å². The molecule has 2 N–H and O–H groups in total. The van der Waals surface area contributed by atoms with Crippen molar-refractivity contribution in [3.05, 3.63) is 10.4 Å². The number of rotatable bonds is 6. The van der Waals surface area contributed by atoms with E-state index in [0.29, 0.717) is 0 Å². The number of hydrogen-bond donors (Lipinski definition) is 2. The van der Waals surface area contributed by atoms with E-state index in [1.165, 1.54) is 6.92 Å². The molecule has 10 heteroatoms. The van der Waals surface area contributed by atoms with Crippen molar-refractivity contribution in [1.29, 1.82) is 0 Å². The number of nitrogens with zero attached hydrogens (tertiary/aromatic N) is 3. The fraction of sp³-hybridized carbons (Fsp3) is 0.750. The molecule has 0 unspecified atom stereocenters. The van der Waals surface area contributed by atoms with Gasteiger partial charge in [0.25, 0.3) is 0 Å². The lowest BCUT2D eigenvalue weighted by molar-refractivity contribution is -0.142. The standard InChI is InChI=1S/C12H21N5O5/c1-7(15-11(20)22-12(2,3)4)9(18)14-6-8(16-17-13)10(19)21-5/h7-8H,6H2,1-5H3,(H,14,18)(H,15,20)/t7-,8-/m0/s1. The molecule has 0 aromatic heterocycles. The van der Waals surface area contributed by atoms with Gasteiger partial charge in [-0.05, 0) is 33.2 Å². The first-order valence-electron chi connectivity index (χ1n) is 6.50. The van der Waals surface area contributed by atoms with Gasteiger partial charge in [-0.2, -0.15) is 0 Å². The normalized spacial score (nSPS) is 13.1. The minimum absolute atomic E-state index is 0.240. The van der Waals surface area contributed by atoms with Crippen LogP contribution in [0.25, 0.3) is 10.4 Å². The first-order chi connectivity index (χ1) is 10.1. The summed E-state index contributed by atoms with van der Waals surface area (Å²) in [6, 6.07) is -2.06. The smallest absolute Gasteiger partial charge is 0.408 e. The molecule has 0 bridgehead atoms. The lowest BCUT2D eigenvalue weighted by atomic mass is 10.2. The van der Waals surface area contributed by atoms with Gasteiger partial charge in [-0.15, -0.1) is 0 Å². The van der Waals surface area contributed by atoms with Crippen LogP contribution in [0.5, 0.6) is 0 Å². The van der Waals surface area contributed by atoms with Crippen LogP contribution in [0, 0.1) is 0 Å². The van der Waals surface area contributed by atoms with Crippen molar-refractivity contribution < 1.29 is 23.9 Å². The summed E-state index contributed by atoms with van der Waals surface area (Å²) in [5.41, 5.74) is 7.66. The number of esters is 1. The molecule has 0 aromatic carbocycles. The molecule has 0 heterocycles. The molecule has 2 atom stereocenters. The summed E-state index contributed by atoms with van der Waals surface area (Å²) in [6.45, 7) is 6.28. The van der Waals surface area contributed by atoms with Crippen molar-refractivity contribution in [2.75, 3.05) is 13.7 Å². The number of nitrogens with one attached hydrogen (secondary N) is 2. The Hall–Kier alpha value is -2.48. The third-order valence-electron chi connectivity index (χ3n) is 2.26. The van der Waals surface area contributed by atoms with Crippen LogP contribution in [0.1, 0.15) is 27.7 Å². The van der Waals surface area contributed by atoms with Crippen molar-refractivity contribution in [3.8, 4) is 0 Å². The van der Waals surface area contributed by atoms with Gasteiger partial charge in [-0.3, -0.25) is 9.59 Å². The van der Waals surface area contributed by atoms with Crippen molar-refractivity contribution in [2.45, 2.75) is 45.4 Å². The molecule has 0 fully saturated rings. The van der Waals surface area contributed by atoms with Crippen LogP contribution in [0.2, 0.25) is 0 Å². The topological polar surface area (TPSA) is 142 Å². The molecule has 22 heavy (non-hydrogen) atoms. The van der Waals surface area contributed by atoms with E-state index >= 15 is 0 Å². The molecule has 10 nitrogen and oxygen atoms in total. The minimum atomic E-state index is -1.17. The largest absolute Gasteiger partial charge is 0.469 e. The molecule has 0 saturated carbocycles. The quantitative estimate of drug-likeness (QED) is 0.323. The Kier molecular flexibility index (Phi) is 7.74. The van der Waals surface area contributed by atoms with Crippen LogP contribution in [-0.4, -0.2) is 49.3 Å². The van der Waals surface area contributed by atoms with Gasteiger partial charge in [0.05, 0.1) is 7.11 Å². The van der Waals surface area contributed by atoms with E-state index in [1.54, 1.807) is 20.8 Å². The van der Waals surface area contributed by atoms with Gasteiger partial charge >= 0.3 is 12.1 Å². The first kappa shape index (κ1) is 19.5. The van der Waals surface area contributed by atoms with E-state index in [2.05, 4.69) is 25.4 Å². The Morgan fingerprint density at radius 3 is 2.36 bits per heavy atom. The van der Waals surface area contributed by atoms with Crippen LogP contribution in [0.4, 0.5) is 4.79 Å². The number of carbonyl (C=O) groups excluding carboxylic acids is 3. The number of carbonyl (C=O) groups is 3. The van der Waals surface area contributed by atoms with Gasteiger partial charge < -0.3 is 20.1 Å². The van der Waals surface area contributed by atoms with E-state index < -0.39 is 35.7 Å². The van der Waals surface area contributed by atoms with Gasteiger partial charge in [0.1, 0.15) is 11.6 Å². The summed E-state index contributed by atoms with van der Waals surface area (Å²) in [6.07, 6.45) is -0.741. The van der Waals surface area contributed by atoms with E-state index in [4.69, 9.17) is 10.3 Å². The maximum Gasteiger partial charge on any atom is 0.408 e. The van der Waals surface area contributed by atoms with Gasteiger partial charge in [0.2, 0.25) is 5.91 Å². The van der Waals surface area contributed by atoms with E-state index in [1.807, 2.05) is 0 Å². The number of amides is 2. The third kappa shape index (κ3) is 7.95. The zero-order valence-corrected chi connectivity index (χ0v) is 13.2. The van der Waals surface area contributed by atoms with Crippen LogP contribution in [0.15, 0.2) is 5.11 Å². The van der Waals surface area contributed by atoms with Crippen LogP contribution < -0.4 is 10.6 Å². The Balaban J connectivity index is 4.44. The maximum atomic E-state index is 11.8. The predicted molar refractivity (Wildman–Crippen MR) is 76.8 cm³/mol. The van der Waals surface area contributed by atoms with Crippen molar-refractivity contribution in [2.24, 2.45) is 5.11 Å². The highest BCUT2D eigenvalue weighted by atomic mass is 16.6. The molecule has 0 saturated heterocycles. The maximum absolute atomic E-state index is 11.8. The molecule has 0 aliphatic heterocycles. The van der Waals surface area contributed by atoms with Crippen molar-refractivity contribution in [3.63, 3.8) is 0 Å². The van der Waals surface area contributed by atoms with Crippen LogP contribution in [0.3, 0.4) is 0 Å². The average Bonchev–Trinajstić information content (AvgIpc) is 2.39. The predicted octanol–water partition coefficient (Wildman–Crippen LogP) is 0.868. The minimum Gasteiger partial charge on any atom is -0.469 e. The molecular weight excluding hydrogens is 294 g/mol. The fourth-order valence-corrected chi connectivity index (χ4v) is 1.27. The van der Waals surface area contributed by atoms with Gasteiger partial charge in [0.15, 0.2) is 6.04 Å². The molecule has 0 spiro atoms. The monoisotopic (exact) mass is 315 g/mol. The number of azide groups is 1. The van der Waals surface area contributed by atoms with Crippen LogP contribution >= 0.6 is 0 Å². The number of methoxy groups -OCH3 is 1. The summed E-state index contributed by atoms with van der Waals surface area (Å²) in [4.78, 5) is 37.1. The van der Waals surface area contributed by atoms with Gasteiger partial charge in [-0.25, -0.2) is 4.79 Å². The van der Waals surface area contributed by atoms with Crippen molar-refractivity contribution >= 4 is 18.0 Å². The van der Waals surface area contributed by atoms with E-state index in [0.717, 1.165) is 7.11 Å². The summed E-state index contributed by atoms with van der Waals surface area (Å²) in [5, 5.41) is 7.93. The Morgan fingerprint density at radius 2 is 1.91 bits per heavy atom. The summed E-state index contributed by atoms with van der Waals surface area (Å²) in [7, 11) is 1.14. The zero-order valence-electron chi connectivity index (χ0n) is 13.2. The highest BCUT2D eigenvalue weighted by Gasteiger charge is 2.23. The average molecular weight is 315 g/mol. The molecule has 124 valence electrons. The second-order valence-corrected chi connectivity index (χ2v) is 5.36. The lowest BCUT2D eigenvalue weighted by Crippen LogP contribution is -2.48. The second kappa shape index (κ2) is 8.73. The van der Waals surface area contributed by atoms with Crippen molar-refractivity contribution in [1.82, 2.24) is 10.6 Å². The highest BCUT2D eigenvalue weighted by Crippen LogP contribution is 2.06. The molecule has 0 aromatic rings. The number of hydrogen-bond acceptors (Lipinski definition) is 6. The molecule has 2 amide bonds. The summed E-state index contributed by atoms with van der Waals surface area (Å²) in [5.74, 6) is -1.33. The number of ether oxygens (including phenoxy) is 2. The van der Waals surface area contributed by atoms with Gasteiger partial charge in [0, 0.05) is 11.5 Å². The van der Waals surface area contributed by atoms with Crippen LogP contribution in [-0.2, 0) is 19.1 Å². The third-order valence-corrected chi connectivity index (χ3v) is 2.26. The highest BCUT2D eigenvalue weighted by molar-refractivity contribution is 5.86. The summed E-state index contributed by atoms with van der Waals surface area (Å²) < 4.78 is 9.44. The molecule has 0 rings (SSSR count). The first-order valence-corrected chi connectivity index (χ1v) is 6.50.